The first-order valence-corrected chi connectivity index (χ1v) is 9.18. The monoisotopic (exact) mass is 401 g/mol. The van der Waals surface area contributed by atoms with Crippen molar-refractivity contribution in [1.29, 1.82) is 0 Å². The van der Waals surface area contributed by atoms with Gasteiger partial charge in [0.05, 0.1) is 28.2 Å². The Bertz CT molecular complexity index is 916. The number of hydrogen-bond acceptors (Lipinski definition) is 8. The molecule has 0 amide bonds. The van der Waals surface area contributed by atoms with E-state index in [4.69, 9.17) is 0 Å². The average Bonchev–Trinajstić information content (AvgIpc) is 2.69. The van der Waals surface area contributed by atoms with Gasteiger partial charge in [-0.15, -0.1) is 5.11 Å². The second-order valence-electron chi connectivity index (χ2n) is 6.42. The predicted octanol–water partition coefficient (Wildman–Crippen LogP) is 4.83. The summed E-state index contributed by atoms with van der Waals surface area (Å²) in [5, 5.41) is 39.3. The second-order valence-corrected chi connectivity index (χ2v) is 6.42. The molecule has 0 atom stereocenters. The number of benzene rings is 2. The molecule has 2 aromatic carbocycles. The number of hydrogen-bond donors (Lipinski definition) is 1. The van der Waals surface area contributed by atoms with E-state index < -0.39 is 15.5 Å². The van der Waals surface area contributed by atoms with Gasteiger partial charge < -0.3 is 10.0 Å². The predicted molar refractivity (Wildman–Crippen MR) is 109 cm³/mol. The van der Waals surface area contributed by atoms with Crippen LogP contribution in [0, 0.1) is 27.2 Å². The fourth-order valence-corrected chi connectivity index (χ4v) is 2.75. The first-order chi connectivity index (χ1) is 13.9. The number of rotatable bonds is 10. The summed E-state index contributed by atoms with van der Waals surface area (Å²) in [6.07, 6.45) is 2.05. The molecule has 0 bridgehead atoms. The number of unbranched alkanes of at least 4 members (excludes halogenated alkanes) is 1. The van der Waals surface area contributed by atoms with Crippen molar-refractivity contribution in [1.82, 2.24) is 0 Å². The van der Waals surface area contributed by atoms with E-state index in [2.05, 4.69) is 22.1 Å². The van der Waals surface area contributed by atoms with Crippen LogP contribution in [0.3, 0.4) is 0 Å². The van der Waals surface area contributed by atoms with Crippen molar-refractivity contribution in [3.05, 3.63) is 62.2 Å². The summed E-state index contributed by atoms with van der Waals surface area (Å²) >= 11 is 0. The highest BCUT2D eigenvalue weighted by Gasteiger charge is 2.19. The molecule has 0 aliphatic carbocycles. The molecule has 10 nitrogen and oxygen atoms in total. The van der Waals surface area contributed by atoms with Gasteiger partial charge in [-0.2, -0.15) is 5.11 Å². The van der Waals surface area contributed by atoms with Gasteiger partial charge in [0.2, 0.25) is 0 Å². The number of azo groups is 1. The Morgan fingerprint density at radius 2 is 1.69 bits per heavy atom. The number of nitro groups is 2. The molecule has 0 spiro atoms. The molecule has 0 saturated heterocycles. The average molecular weight is 401 g/mol. The minimum atomic E-state index is -0.724. The summed E-state index contributed by atoms with van der Waals surface area (Å²) in [6, 6.07) is 8.75. The molecule has 0 aliphatic rings. The number of aryl methyl sites for hydroxylation is 1. The smallest absolute Gasteiger partial charge is 0.303 e. The molecule has 0 aromatic heterocycles. The fraction of sp³-hybridized carbons (Fsp3) is 0.368. The summed E-state index contributed by atoms with van der Waals surface area (Å²) in [5.74, 6) is 0. The normalized spacial score (nSPS) is 11.0. The van der Waals surface area contributed by atoms with Gasteiger partial charge in [0.15, 0.2) is 5.69 Å². The summed E-state index contributed by atoms with van der Waals surface area (Å²) in [6.45, 7) is 5.35. The van der Waals surface area contributed by atoms with Crippen LogP contribution in [0.25, 0.3) is 0 Å². The van der Waals surface area contributed by atoms with Gasteiger partial charge in [0.25, 0.3) is 5.69 Å². The van der Waals surface area contributed by atoms with E-state index in [1.807, 2.05) is 19.1 Å². The van der Waals surface area contributed by atoms with Gasteiger partial charge in [-0.25, -0.2) is 0 Å². The van der Waals surface area contributed by atoms with Crippen LogP contribution in [0.15, 0.2) is 46.6 Å². The molecular formula is C19H23N5O5. The van der Waals surface area contributed by atoms with E-state index in [1.165, 1.54) is 6.07 Å². The maximum absolute atomic E-state index is 11.2. The molecule has 0 aliphatic heterocycles. The summed E-state index contributed by atoms with van der Waals surface area (Å²) in [5.41, 5.74) is 1.37. The van der Waals surface area contributed by atoms with Gasteiger partial charge in [0, 0.05) is 24.8 Å². The standard InChI is InChI=1S/C19H23N5O5/c1-3-4-9-22(10-11-25)15-5-7-17(14(2)12-15)20-21-18-8-6-16(23(26)27)13-19(18)24(28)29/h5-8,12-13,25H,3-4,9-11H2,1-2H3. The lowest BCUT2D eigenvalue weighted by Crippen LogP contribution is -2.27. The molecule has 0 heterocycles. The number of aliphatic hydroxyl groups excluding tert-OH is 1. The van der Waals surface area contributed by atoms with Gasteiger partial charge in [-0.1, -0.05) is 13.3 Å². The van der Waals surface area contributed by atoms with Crippen LogP contribution in [-0.2, 0) is 0 Å². The second kappa shape index (κ2) is 10.2. The number of nitrogens with zero attached hydrogens (tertiary/aromatic N) is 5. The van der Waals surface area contributed by atoms with Crippen molar-refractivity contribution in [2.75, 3.05) is 24.6 Å². The molecule has 10 heteroatoms. The van der Waals surface area contributed by atoms with E-state index in [0.29, 0.717) is 12.2 Å². The maximum Gasteiger partial charge on any atom is 0.303 e. The van der Waals surface area contributed by atoms with Gasteiger partial charge in [0.1, 0.15) is 0 Å². The Hall–Kier alpha value is -3.40. The number of nitro benzene ring substituents is 2. The van der Waals surface area contributed by atoms with Crippen LogP contribution >= 0.6 is 0 Å². The third-order valence-corrected chi connectivity index (χ3v) is 4.33. The van der Waals surface area contributed by atoms with Gasteiger partial charge in [-0.05, 0) is 43.2 Å². The van der Waals surface area contributed by atoms with Crippen molar-refractivity contribution in [3.63, 3.8) is 0 Å². The Balaban J connectivity index is 2.29. The lowest BCUT2D eigenvalue weighted by molar-refractivity contribution is -0.393. The van der Waals surface area contributed by atoms with E-state index in [9.17, 15) is 25.3 Å². The number of anilines is 1. The maximum atomic E-state index is 11.2. The molecule has 0 unspecified atom stereocenters. The van der Waals surface area contributed by atoms with E-state index in [0.717, 1.165) is 42.8 Å². The Labute approximate surface area is 167 Å². The van der Waals surface area contributed by atoms with Gasteiger partial charge in [-0.3, -0.25) is 20.2 Å². The minimum absolute atomic E-state index is 0.0496. The Morgan fingerprint density at radius 3 is 2.28 bits per heavy atom. The highest BCUT2D eigenvalue weighted by Crippen LogP contribution is 2.33. The van der Waals surface area contributed by atoms with Crippen molar-refractivity contribution >= 4 is 28.4 Å². The summed E-state index contributed by atoms with van der Waals surface area (Å²) < 4.78 is 0. The minimum Gasteiger partial charge on any atom is -0.395 e. The van der Waals surface area contributed by atoms with Crippen molar-refractivity contribution < 1.29 is 15.0 Å². The highest BCUT2D eigenvalue weighted by atomic mass is 16.6. The first-order valence-electron chi connectivity index (χ1n) is 9.18. The Kier molecular flexibility index (Phi) is 7.72. The molecule has 154 valence electrons. The van der Waals surface area contributed by atoms with Crippen molar-refractivity contribution in [2.45, 2.75) is 26.7 Å². The highest BCUT2D eigenvalue weighted by molar-refractivity contribution is 5.62. The van der Waals surface area contributed by atoms with Crippen molar-refractivity contribution in [2.24, 2.45) is 10.2 Å². The number of non-ortho nitro benzene ring substituents is 1. The molecule has 0 fully saturated rings. The molecule has 2 aromatic rings. The van der Waals surface area contributed by atoms with Crippen LogP contribution in [0.1, 0.15) is 25.3 Å². The zero-order chi connectivity index (χ0) is 21.4. The molecule has 1 N–H and O–H groups in total. The first kappa shape index (κ1) is 21.9. The molecule has 0 radical (unpaired) electrons. The quantitative estimate of drug-likeness (QED) is 0.344. The molecular weight excluding hydrogens is 378 g/mol. The van der Waals surface area contributed by atoms with Crippen LogP contribution in [0.2, 0.25) is 0 Å². The van der Waals surface area contributed by atoms with Crippen LogP contribution in [0.4, 0.5) is 28.4 Å². The number of aliphatic hydroxyl groups is 1. The lowest BCUT2D eigenvalue weighted by Gasteiger charge is -2.24. The zero-order valence-electron chi connectivity index (χ0n) is 16.3. The van der Waals surface area contributed by atoms with Gasteiger partial charge >= 0.3 is 5.69 Å². The van der Waals surface area contributed by atoms with E-state index in [1.54, 1.807) is 6.07 Å². The molecule has 0 saturated carbocycles. The van der Waals surface area contributed by atoms with Crippen molar-refractivity contribution in [3.8, 4) is 0 Å². The third kappa shape index (κ3) is 5.79. The SMILES string of the molecule is CCCCN(CCO)c1ccc(N=Nc2ccc([N+](=O)[O-])cc2[N+](=O)[O-])c(C)c1. The van der Waals surface area contributed by atoms with E-state index >= 15 is 0 Å². The summed E-state index contributed by atoms with van der Waals surface area (Å²) in [7, 11) is 0. The van der Waals surface area contributed by atoms with E-state index in [-0.39, 0.29) is 18.0 Å². The topological polar surface area (TPSA) is 134 Å². The lowest BCUT2D eigenvalue weighted by atomic mass is 10.1. The fourth-order valence-electron chi connectivity index (χ4n) is 2.75. The zero-order valence-corrected chi connectivity index (χ0v) is 16.3. The molecule has 2 rings (SSSR count). The summed E-state index contributed by atoms with van der Waals surface area (Å²) in [4.78, 5) is 22.7. The molecule has 29 heavy (non-hydrogen) atoms. The van der Waals surface area contributed by atoms with Crippen LogP contribution < -0.4 is 4.90 Å². The third-order valence-electron chi connectivity index (χ3n) is 4.33. The van der Waals surface area contributed by atoms with Crippen LogP contribution in [-0.4, -0.2) is 34.6 Å². The largest absolute Gasteiger partial charge is 0.395 e. The Morgan fingerprint density at radius 1 is 1.00 bits per heavy atom. The van der Waals surface area contributed by atoms with Crippen LogP contribution in [0.5, 0.6) is 0 Å².